The number of rotatable bonds is 2. The van der Waals surface area contributed by atoms with Gasteiger partial charge in [-0.2, -0.15) is 0 Å². The second-order valence-electron chi connectivity index (χ2n) is 4.73. The van der Waals surface area contributed by atoms with Crippen LogP contribution >= 0.6 is 0 Å². The maximum atomic E-state index is 4.78. The zero-order valence-corrected chi connectivity index (χ0v) is 10.8. The molecule has 1 heteroatoms. The van der Waals surface area contributed by atoms with Gasteiger partial charge in [0.2, 0.25) is 0 Å². The third kappa shape index (κ3) is 2.94. The minimum Gasteiger partial charge on any atom is -0.257 e. The molecular weight excluding hydrogens is 206 g/mol. The van der Waals surface area contributed by atoms with Crippen LogP contribution in [0, 0.1) is 5.92 Å². The highest BCUT2D eigenvalue weighted by molar-refractivity contribution is 5.99. The Labute approximate surface area is 104 Å². The number of allylic oxidation sites excluding steroid dienone is 4. The van der Waals surface area contributed by atoms with Gasteiger partial charge in [0.05, 0.1) is 0 Å². The first kappa shape index (κ1) is 11.8. The lowest BCUT2D eigenvalue weighted by Gasteiger charge is -2.15. The van der Waals surface area contributed by atoms with Crippen LogP contribution in [0.25, 0.3) is 0 Å². The van der Waals surface area contributed by atoms with E-state index in [1.165, 1.54) is 16.8 Å². The maximum Gasteiger partial charge on any atom is 0.0448 e. The van der Waals surface area contributed by atoms with Crippen LogP contribution in [-0.4, -0.2) is 5.71 Å². The van der Waals surface area contributed by atoms with Crippen molar-refractivity contribution in [2.75, 3.05) is 0 Å². The third-order valence-corrected chi connectivity index (χ3v) is 3.14. The Hall–Kier alpha value is -1.63. The summed E-state index contributed by atoms with van der Waals surface area (Å²) in [5.41, 5.74) is 4.82. The SMILES string of the molecule is CC(=NC1=C(C)C=CC(C)C1)c1ccccc1. The molecule has 2 rings (SSSR count). The Kier molecular flexibility index (Phi) is 3.58. The van der Waals surface area contributed by atoms with Crippen molar-refractivity contribution >= 4 is 5.71 Å². The molecule has 17 heavy (non-hydrogen) atoms. The Morgan fingerprint density at radius 1 is 1.24 bits per heavy atom. The van der Waals surface area contributed by atoms with Gasteiger partial charge in [-0.25, -0.2) is 0 Å². The molecule has 0 saturated carbocycles. The average molecular weight is 225 g/mol. The van der Waals surface area contributed by atoms with Gasteiger partial charge in [-0.3, -0.25) is 4.99 Å². The van der Waals surface area contributed by atoms with Crippen LogP contribution in [0.4, 0.5) is 0 Å². The normalized spacial score (nSPS) is 20.9. The van der Waals surface area contributed by atoms with Crippen LogP contribution < -0.4 is 0 Å². The Balaban J connectivity index is 2.28. The highest BCUT2D eigenvalue weighted by atomic mass is 14.8. The monoisotopic (exact) mass is 225 g/mol. The number of benzene rings is 1. The molecule has 0 amide bonds. The van der Waals surface area contributed by atoms with Crippen LogP contribution in [0.15, 0.2) is 58.7 Å². The van der Waals surface area contributed by atoms with E-state index in [0.29, 0.717) is 5.92 Å². The molecule has 0 N–H and O–H groups in total. The second kappa shape index (κ2) is 5.13. The van der Waals surface area contributed by atoms with Crippen molar-refractivity contribution in [1.29, 1.82) is 0 Å². The van der Waals surface area contributed by atoms with Crippen molar-refractivity contribution in [1.82, 2.24) is 0 Å². The van der Waals surface area contributed by atoms with Crippen molar-refractivity contribution < 1.29 is 0 Å². The largest absolute Gasteiger partial charge is 0.257 e. The predicted molar refractivity (Wildman–Crippen MR) is 74.3 cm³/mol. The van der Waals surface area contributed by atoms with Gasteiger partial charge in [0, 0.05) is 11.4 Å². The summed E-state index contributed by atoms with van der Waals surface area (Å²) in [6.07, 6.45) is 5.49. The van der Waals surface area contributed by atoms with E-state index in [9.17, 15) is 0 Å². The molecule has 0 aliphatic heterocycles. The molecule has 0 heterocycles. The van der Waals surface area contributed by atoms with Gasteiger partial charge in [-0.15, -0.1) is 0 Å². The van der Waals surface area contributed by atoms with Crippen molar-refractivity contribution in [2.45, 2.75) is 27.2 Å². The molecule has 0 radical (unpaired) electrons. The van der Waals surface area contributed by atoms with Crippen LogP contribution in [-0.2, 0) is 0 Å². The lowest BCUT2D eigenvalue weighted by Crippen LogP contribution is -2.02. The summed E-state index contributed by atoms with van der Waals surface area (Å²) >= 11 is 0. The first-order chi connectivity index (χ1) is 8.16. The first-order valence-corrected chi connectivity index (χ1v) is 6.15. The molecule has 0 aromatic heterocycles. The van der Waals surface area contributed by atoms with Gasteiger partial charge in [0.15, 0.2) is 0 Å². The van der Waals surface area contributed by atoms with Crippen molar-refractivity contribution in [3.05, 3.63) is 59.3 Å². The molecule has 0 fully saturated rings. The van der Waals surface area contributed by atoms with Gasteiger partial charge in [-0.05, 0) is 37.3 Å². The molecule has 1 aromatic rings. The molecule has 1 atom stereocenters. The lowest BCUT2D eigenvalue weighted by atomic mass is 9.96. The molecule has 1 nitrogen and oxygen atoms in total. The van der Waals surface area contributed by atoms with Gasteiger partial charge in [0.25, 0.3) is 0 Å². The molecule has 88 valence electrons. The van der Waals surface area contributed by atoms with E-state index in [-0.39, 0.29) is 0 Å². The van der Waals surface area contributed by atoms with E-state index >= 15 is 0 Å². The highest BCUT2D eigenvalue weighted by Gasteiger charge is 2.10. The Morgan fingerprint density at radius 3 is 2.65 bits per heavy atom. The molecular formula is C16H19N. The molecule has 0 spiro atoms. The number of aliphatic imine (C=N–C) groups is 1. The van der Waals surface area contributed by atoms with Crippen LogP contribution in [0.5, 0.6) is 0 Å². The molecule has 0 bridgehead atoms. The fourth-order valence-electron chi connectivity index (χ4n) is 2.02. The zero-order chi connectivity index (χ0) is 12.3. The van der Waals surface area contributed by atoms with E-state index < -0.39 is 0 Å². The summed E-state index contributed by atoms with van der Waals surface area (Å²) < 4.78 is 0. The molecule has 1 aliphatic rings. The zero-order valence-electron chi connectivity index (χ0n) is 10.8. The fourth-order valence-corrected chi connectivity index (χ4v) is 2.02. The predicted octanol–water partition coefficient (Wildman–Crippen LogP) is 4.37. The number of nitrogens with zero attached hydrogens (tertiary/aromatic N) is 1. The summed E-state index contributed by atoms with van der Waals surface area (Å²) in [7, 11) is 0. The molecule has 1 unspecified atom stereocenters. The van der Waals surface area contributed by atoms with E-state index in [4.69, 9.17) is 4.99 Å². The van der Waals surface area contributed by atoms with E-state index in [1.807, 2.05) is 6.07 Å². The fraction of sp³-hybridized carbons (Fsp3) is 0.312. The number of hydrogen-bond donors (Lipinski definition) is 0. The molecule has 1 aliphatic carbocycles. The maximum absolute atomic E-state index is 4.78. The highest BCUT2D eigenvalue weighted by Crippen LogP contribution is 2.24. The van der Waals surface area contributed by atoms with Crippen LogP contribution in [0.1, 0.15) is 32.8 Å². The Morgan fingerprint density at radius 2 is 1.94 bits per heavy atom. The van der Waals surface area contributed by atoms with Crippen LogP contribution in [0.3, 0.4) is 0 Å². The van der Waals surface area contributed by atoms with Crippen molar-refractivity contribution in [3.8, 4) is 0 Å². The summed E-state index contributed by atoms with van der Waals surface area (Å²) in [5, 5.41) is 0. The summed E-state index contributed by atoms with van der Waals surface area (Å²) in [6, 6.07) is 10.4. The quantitative estimate of drug-likeness (QED) is 0.663. The first-order valence-electron chi connectivity index (χ1n) is 6.15. The minimum atomic E-state index is 0.598. The van der Waals surface area contributed by atoms with Gasteiger partial charge < -0.3 is 0 Å². The van der Waals surface area contributed by atoms with E-state index in [0.717, 1.165) is 12.1 Å². The van der Waals surface area contributed by atoms with E-state index in [1.54, 1.807) is 0 Å². The summed E-state index contributed by atoms with van der Waals surface area (Å²) in [5.74, 6) is 0.598. The van der Waals surface area contributed by atoms with Gasteiger partial charge >= 0.3 is 0 Å². The van der Waals surface area contributed by atoms with Gasteiger partial charge in [0.1, 0.15) is 0 Å². The van der Waals surface area contributed by atoms with Gasteiger partial charge in [-0.1, -0.05) is 49.4 Å². The third-order valence-electron chi connectivity index (χ3n) is 3.14. The standard InChI is InChI=1S/C16H19N/c1-12-9-10-13(2)16(11-12)17-14(3)15-7-5-4-6-8-15/h4-10,12H,11H2,1-3H3. The van der Waals surface area contributed by atoms with Crippen LogP contribution in [0.2, 0.25) is 0 Å². The van der Waals surface area contributed by atoms with E-state index in [2.05, 4.69) is 57.2 Å². The molecule has 0 saturated heterocycles. The van der Waals surface area contributed by atoms with Crippen molar-refractivity contribution in [2.24, 2.45) is 10.9 Å². The van der Waals surface area contributed by atoms with Crippen molar-refractivity contribution in [3.63, 3.8) is 0 Å². The lowest BCUT2D eigenvalue weighted by molar-refractivity contribution is 0.694. The minimum absolute atomic E-state index is 0.598. The average Bonchev–Trinajstić information content (AvgIpc) is 2.35. The number of hydrogen-bond acceptors (Lipinski definition) is 1. The Bertz CT molecular complexity index is 478. The summed E-state index contributed by atoms with van der Waals surface area (Å²) in [6.45, 7) is 6.45. The second-order valence-corrected chi connectivity index (χ2v) is 4.73. The smallest absolute Gasteiger partial charge is 0.0448 e. The molecule has 1 aromatic carbocycles. The topological polar surface area (TPSA) is 12.4 Å². The summed E-state index contributed by atoms with van der Waals surface area (Å²) in [4.78, 5) is 4.78.